The van der Waals surface area contributed by atoms with Crippen LogP contribution in [-0.2, 0) is 9.53 Å². The van der Waals surface area contributed by atoms with Gasteiger partial charge in [-0.25, -0.2) is 18.0 Å². The fourth-order valence-electron chi connectivity index (χ4n) is 3.14. The number of thiocarbonyl (C=S) groups is 1. The van der Waals surface area contributed by atoms with E-state index >= 15 is 0 Å². The van der Waals surface area contributed by atoms with Crippen molar-refractivity contribution in [2.75, 3.05) is 24.5 Å². The van der Waals surface area contributed by atoms with Crippen LogP contribution in [0.15, 0.2) is 18.2 Å². The average Bonchev–Trinajstić information content (AvgIpc) is 3.01. The molecule has 0 aromatic heterocycles. The Balaban J connectivity index is 1.64. The van der Waals surface area contributed by atoms with Crippen molar-refractivity contribution >= 4 is 34.9 Å². The number of hydrogen-bond donors (Lipinski definition) is 2. The van der Waals surface area contributed by atoms with Crippen LogP contribution in [0.4, 0.5) is 23.7 Å². The molecule has 2 atom stereocenters. The number of anilines is 1. The van der Waals surface area contributed by atoms with Gasteiger partial charge in [-0.1, -0.05) is 18.3 Å². The molecule has 0 aliphatic carbocycles. The second kappa shape index (κ2) is 8.12. The number of hydrogen-bond acceptors (Lipinski definition) is 4. The lowest BCUT2D eigenvalue weighted by molar-refractivity contribution is -0.122. The van der Waals surface area contributed by atoms with E-state index < -0.39 is 29.4 Å². The van der Waals surface area contributed by atoms with Crippen LogP contribution in [0, 0.1) is 5.82 Å². The first-order valence-corrected chi connectivity index (χ1v) is 8.86. The highest BCUT2D eigenvalue weighted by atomic mass is 32.1. The third-order valence-corrected chi connectivity index (χ3v) is 4.90. The summed E-state index contributed by atoms with van der Waals surface area (Å²) in [6.07, 6.45) is -3.22. The van der Waals surface area contributed by atoms with Crippen molar-refractivity contribution < 1.29 is 27.5 Å². The maximum atomic E-state index is 14.5. The number of carbonyl (C=O) groups is 2. The van der Waals surface area contributed by atoms with Crippen molar-refractivity contribution in [2.24, 2.45) is 0 Å². The van der Waals surface area contributed by atoms with E-state index in [2.05, 4.69) is 22.9 Å². The summed E-state index contributed by atoms with van der Waals surface area (Å²) in [5.41, 5.74) is 0.798. The normalized spacial score (nSPS) is 22.6. The largest absolute Gasteiger partial charge is 0.442 e. The molecule has 2 saturated heterocycles. The van der Waals surface area contributed by atoms with Crippen LogP contribution in [0.25, 0.3) is 0 Å². The zero-order valence-electron chi connectivity index (χ0n) is 14.2. The van der Waals surface area contributed by atoms with Crippen LogP contribution in [-0.4, -0.2) is 49.2 Å². The summed E-state index contributed by atoms with van der Waals surface area (Å²) in [6.45, 7) is 0.419. The number of alkyl halides is 2. The summed E-state index contributed by atoms with van der Waals surface area (Å²) in [5.74, 6) is -0.634. The molecule has 1 aromatic rings. The molecule has 0 bridgehead atoms. The molecule has 27 heavy (non-hydrogen) atoms. The fraction of sp³-hybridized carbons (Fsp3) is 0.471. The molecule has 2 heterocycles. The smallest absolute Gasteiger partial charge is 0.414 e. The van der Waals surface area contributed by atoms with Gasteiger partial charge < -0.3 is 15.4 Å². The Kier molecular flexibility index (Phi) is 5.83. The van der Waals surface area contributed by atoms with Crippen molar-refractivity contribution in [3.05, 3.63) is 29.6 Å². The van der Waals surface area contributed by atoms with Gasteiger partial charge >= 0.3 is 6.09 Å². The lowest BCUT2D eigenvalue weighted by Crippen LogP contribution is -2.36. The van der Waals surface area contributed by atoms with Crippen LogP contribution < -0.4 is 15.5 Å². The maximum Gasteiger partial charge on any atom is 0.414 e. The average molecular weight is 401 g/mol. The number of nitrogens with one attached hydrogen (secondary N) is 2. The summed E-state index contributed by atoms with van der Waals surface area (Å²) in [7, 11) is 0. The molecule has 2 N–H and O–H groups in total. The van der Waals surface area contributed by atoms with E-state index in [1.165, 1.54) is 11.0 Å². The molecule has 2 unspecified atom stereocenters. The summed E-state index contributed by atoms with van der Waals surface area (Å²) in [4.78, 5) is 23.9. The molecule has 10 heteroatoms. The Bertz CT molecular complexity index is 752. The first-order valence-electron chi connectivity index (χ1n) is 8.45. The maximum absolute atomic E-state index is 14.5. The summed E-state index contributed by atoms with van der Waals surface area (Å²) in [5, 5.41) is 5.06. The van der Waals surface area contributed by atoms with Crippen molar-refractivity contribution in [3.8, 4) is 0 Å². The third kappa shape index (κ3) is 4.49. The minimum atomic E-state index is -2.78. The second-order valence-corrected chi connectivity index (χ2v) is 6.85. The Morgan fingerprint density at radius 2 is 2.19 bits per heavy atom. The van der Waals surface area contributed by atoms with Crippen LogP contribution in [0.5, 0.6) is 0 Å². The van der Waals surface area contributed by atoms with Crippen molar-refractivity contribution in [1.82, 2.24) is 10.6 Å². The molecule has 0 saturated carbocycles. The van der Waals surface area contributed by atoms with Gasteiger partial charge in [0.05, 0.1) is 18.8 Å². The van der Waals surface area contributed by atoms with Gasteiger partial charge in [0.1, 0.15) is 16.9 Å². The SMILES string of the molecule is O=C1CCC(c2ccc(N3CC(CNC(=S)C(F)F)OC3=O)cc2F)CN1. The van der Waals surface area contributed by atoms with Crippen LogP contribution in [0.2, 0.25) is 0 Å². The summed E-state index contributed by atoms with van der Waals surface area (Å²) in [6, 6.07) is 4.44. The highest BCUT2D eigenvalue weighted by Gasteiger charge is 2.33. The Hall–Kier alpha value is -2.36. The minimum absolute atomic E-state index is 0.0472. The van der Waals surface area contributed by atoms with Gasteiger partial charge in [0, 0.05) is 18.9 Å². The standard InChI is InChI=1S/C17H18F3N3O3S/c18-13-5-10(2-3-12(13)9-1-4-14(24)21-6-9)23-8-11(26-17(23)25)7-22-16(27)15(19)20/h2-3,5,9,11,15H,1,4,6-8H2,(H,21,24)(H,22,27). The van der Waals surface area contributed by atoms with E-state index in [1.54, 1.807) is 12.1 Å². The number of benzene rings is 1. The first-order chi connectivity index (χ1) is 12.8. The number of rotatable bonds is 5. The zero-order valence-corrected chi connectivity index (χ0v) is 15.0. The Morgan fingerprint density at radius 1 is 1.41 bits per heavy atom. The number of halogens is 3. The van der Waals surface area contributed by atoms with E-state index in [-0.39, 0.29) is 24.9 Å². The number of carbonyl (C=O) groups excluding carboxylic acids is 2. The number of amides is 2. The van der Waals surface area contributed by atoms with Crippen molar-refractivity contribution in [2.45, 2.75) is 31.3 Å². The van der Waals surface area contributed by atoms with E-state index in [4.69, 9.17) is 4.74 Å². The predicted octanol–water partition coefficient (Wildman–Crippen LogP) is 2.33. The highest BCUT2D eigenvalue weighted by molar-refractivity contribution is 7.80. The quantitative estimate of drug-likeness (QED) is 0.742. The molecular formula is C17H18F3N3O3S. The molecule has 2 fully saturated rings. The second-order valence-electron chi connectivity index (χ2n) is 6.41. The van der Waals surface area contributed by atoms with E-state index in [9.17, 15) is 22.8 Å². The number of ether oxygens (including phenoxy) is 1. The fourth-order valence-corrected chi connectivity index (χ4v) is 3.23. The number of piperidine rings is 1. The Morgan fingerprint density at radius 3 is 2.81 bits per heavy atom. The molecule has 2 aliphatic heterocycles. The minimum Gasteiger partial charge on any atom is -0.442 e. The molecule has 0 radical (unpaired) electrons. The van der Waals surface area contributed by atoms with Gasteiger partial charge in [0.25, 0.3) is 6.43 Å². The number of nitrogens with zero attached hydrogens (tertiary/aromatic N) is 1. The van der Waals surface area contributed by atoms with Crippen LogP contribution >= 0.6 is 12.2 Å². The Labute approximate surface area is 159 Å². The molecule has 2 amide bonds. The molecular weight excluding hydrogens is 383 g/mol. The van der Waals surface area contributed by atoms with Gasteiger partial charge in [-0.2, -0.15) is 0 Å². The topological polar surface area (TPSA) is 70.7 Å². The van der Waals surface area contributed by atoms with E-state index in [0.29, 0.717) is 30.6 Å². The third-order valence-electron chi connectivity index (χ3n) is 4.58. The van der Waals surface area contributed by atoms with E-state index in [0.717, 1.165) is 0 Å². The van der Waals surface area contributed by atoms with Crippen molar-refractivity contribution in [3.63, 3.8) is 0 Å². The molecule has 3 rings (SSSR count). The van der Waals surface area contributed by atoms with Crippen molar-refractivity contribution in [1.29, 1.82) is 0 Å². The van der Waals surface area contributed by atoms with Crippen LogP contribution in [0.3, 0.4) is 0 Å². The van der Waals surface area contributed by atoms with Gasteiger partial charge in [0.2, 0.25) is 5.91 Å². The van der Waals surface area contributed by atoms with Gasteiger partial charge in [-0.05, 0) is 24.1 Å². The lowest BCUT2D eigenvalue weighted by Gasteiger charge is -2.24. The molecule has 6 nitrogen and oxygen atoms in total. The molecule has 1 aromatic carbocycles. The summed E-state index contributed by atoms with van der Waals surface area (Å²) < 4.78 is 44.4. The molecule has 2 aliphatic rings. The highest BCUT2D eigenvalue weighted by Crippen LogP contribution is 2.30. The lowest BCUT2D eigenvalue weighted by atomic mass is 9.91. The predicted molar refractivity (Wildman–Crippen MR) is 95.6 cm³/mol. The monoisotopic (exact) mass is 401 g/mol. The summed E-state index contributed by atoms with van der Waals surface area (Å²) >= 11 is 4.47. The first kappa shape index (κ1) is 19.4. The molecule has 146 valence electrons. The van der Waals surface area contributed by atoms with E-state index in [1.807, 2.05) is 0 Å². The number of cyclic esters (lactones) is 1. The van der Waals surface area contributed by atoms with Crippen LogP contribution in [0.1, 0.15) is 24.3 Å². The van der Waals surface area contributed by atoms with Gasteiger partial charge in [0.15, 0.2) is 0 Å². The zero-order chi connectivity index (χ0) is 19.6. The van der Waals surface area contributed by atoms with Gasteiger partial charge in [-0.15, -0.1) is 0 Å². The van der Waals surface area contributed by atoms with Gasteiger partial charge in [-0.3, -0.25) is 9.69 Å². The molecule has 0 spiro atoms.